The fourth-order valence-corrected chi connectivity index (χ4v) is 2.92. The Labute approximate surface area is 128 Å². The molecule has 1 aliphatic rings. The van der Waals surface area contributed by atoms with Gasteiger partial charge in [0.05, 0.1) is 18.2 Å². The van der Waals surface area contributed by atoms with E-state index in [1.807, 2.05) is 0 Å². The van der Waals surface area contributed by atoms with Gasteiger partial charge in [0.2, 0.25) is 0 Å². The van der Waals surface area contributed by atoms with Gasteiger partial charge in [-0.3, -0.25) is 9.36 Å². The quantitative estimate of drug-likeness (QED) is 0.746. The molecule has 2 heterocycles. The lowest BCUT2D eigenvalue weighted by Crippen LogP contribution is -2.21. The van der Waals surface area contributed by atoms with Gasteiger partial charge in [-0.15, -0.1) is 0 Å². The maximum absolute atomic E-state index is 12.5. The minimum absolute atomic E-state index is 0.00697. The molecular weight excluding hydrogens is 276 g/mol. The van der Waals surface area contributed by atoms with Gasteiger partial charge in [-0.05, 0) is 55.9 Å². The van der Waals surface area contributed by atoms with Gasteiger partial charge in [0.25, 0.3) is 5.56 Å². The van der Waals surface area contributed by atoms with E-state index in [4.69, 9.17) is 0 Å². The molecule has 0 aliphatic heterocycles. The van der Waals surface area contributed by atoms with E-state index >= 15 is 0 Å². The first-order valence-corrected chi connectivity index (χ1v) is 7.63. The first kappa shape index (κ1) is 13.2. The number of benzene rings is 1. The Morgan fingerprint density at radius 1 is 1.18 bits per heavy atom. The molecule has 0 radical (unpaired) electrons. The van der Waals surface area contributed by atoms with Crippen molar-refractivity contribution in [2.45, 2.75) is 33.2 Å². The van der Waals surface area contributed by atoms with Crippen molar-refractivity contribution in [1.82, 2.24) is 19.3 Å². The number of aromatic nitrogens is 4. The third-order valence-corrected chi connectivity index (χ3v) is 4.16. The molecule has 0 saturated heterocycles. The summed E-state index contributed by atoms with van der Waals surface area (Å²) in [5, 5.41) is 4.97. The van der Waals surface area contributed by atoms with Crippen LogP contribution in [0, 0.1) is 19.8 Å². The van der Waals surface area contributed by atoms with Crippen LogP contribution in [0.25, 0.3) is 16.7 Å². The number of rotatable bonds is 3. The molecule has 22 heavy (non-hydrogen) atoms. The monoisotopic (exact) mass is 294 g/mol. The summed E-state index contributed by atoms with van der Waals surface area (Å²) in [6.07, 6.45) is 5.72. The lowest BCUT2D eigenvalue weighted by molar-refractivity contribution is 0.601. The second kappa shape index (κ2) is 4.80. The largest absolute Gasteiger partial charge is 0.298 e. The summed E-state index contributed by atoms with van der Waals surface area (Å²) in [6, 6.07) is 6.22. The van der Waals surface area contributed by atoms with E-state index in [1.54, 1.807) is 21.8 Å². The topological polar surface area (TPSA) is 52.7 Å². The molecule has 0 amide bonds. The average Bonchev–Trinajstić information content (AvgIpc) is 3.17. The summed E-state index contributed by atoms with van der Waals surface area (Å²) in [6.45, 7) is 4.88. The third kappa shape index (κ3) is 2.22. The average molecular weight is 294 g/mol. The second-order valence-corrected chi connectivity index (χ2v) is 6.29. The van der Waals surface area contributed by atoms with Crippen LogP contribution < -0.4 is 5.56 Å². The summed E-state index contributed by atoms with van der Waals surface area (Å²) < 4.78 is 3.46. The molecule has 0 spiro atoms. The molecule has 0 unspecified atom stereocenters. The van der Waals surface area contributed by atoms with Crippen LogP contribution in [0.3, 0.4) is 0 Å². The highest BCUT2D eigenvalue weighted by Gasteiger charge is 2.23. The highest BCUT2D eigenvalue weighted by Crippen LogP contribution is 2.30. The predicted molar refractivity (Wildman–Crippen MR) is 85.3 cm³/mol. The summed E-state index contributed by atoms with van der Waals surface area (Å²) >= 11 is 0. The Bertz CT molecular complexity index is 898. The van der Waals surface area contributed by atoms with Gasteiger partial charge in [0.1, 0.15) is 5.39 Å². The molecule has 0 bridgehead atoms. The first-order chi connectivity index (χ1) is 10.6. The molecule has 5 heteroatoms. The van der Waals surface area contributed by atoms with Crippen LogP contribution in [0.2, 0.25) is 0 Å². The maximum atomic E-state index is 12.5. The minimum atomic E-state index is 0.00697. The van der Waals surface area contributed by atoms with Crippen LogP contribution in [0.4, 0.5) is 0 Å². The molecular formula is C17H18N4O. The SMILES string of the molecule is Cc1cc(C)cc(-n2ncc3c(=O)n(CC4CC4)cnc32)c1. The van der Waals surface area contributed by atoms with E-state index in [0.29, 0.717) is 17.0 Å². The van der Waals surface area contributed by atoms with Crippen LogP contribution in [-0.2, 0) is 6.54 Å². The van der Waals surface area contributed by atoms with Gasteiger partial charge < -0.3 is 0 Å². The molecule has 1 saturated carbocycles. The molecule has 0 atom stereocenters. The third-order valence-electron chi connectivity index (χ3n) is 4.16. The maximum Gasteiger partial charge on any atom is 0.264 e. The van der Waals surface area contributed by atoms with Gasteiger partial charge in [-0.2, -0.15) is 5.10 Å². The number of fused-ring (bicyclic) bond motifs is 1. The van der Waals surface area contributed by atoms with Crippen LogP contribution in [-0.4, -0.2) is 19.3 Å². The highest BCUT2D eigenvalue weighted by molar-refractivity contribution is 5.75. The van der Waals surface area contributed by atoms with Crippen LogP contribution >= 0.6 is 0 Å². The van der Waals surface area contributed by atoms with Gasteiger partial charge in [-0.25, -0.2) is 9.67 Å². The van der Waals surface area contributed by atoms with Crippen LogP contribution in [0.5, 0.6) is 0 Å². The zero-order valence-corrected chi connectivity index (χ0v) is 12.8. The van der Waals surface area contributed by atoms with Crippen molar-refractivity contribution in [3.8, 4) is 5.69 Å². The zero-order chi connectivity index (χ0) is 15.3. The molecule has 5 nitrogen and oxygen atoms in total. The Morgan fingerprint density at radius 2 is 1.91 bits per heavy atom. The van der Waals surface area contributed by atoms with Gasteiger partial charge in [0.15, 0.2) is 5.65 Å². The fraction of sp³-hybridized carbons (Fsp3) is 0.353. The van der Waals surface area contributed by atoms with E-state index in [0.717, 1.165) is 12.2 Å². The van der Waals surface area contributed by atoms with Gasteiger partial charge in [-0.1, -0.05) is 6.07 Å². The molecule has 4 rings (SSSR count). The van der Waals surface area contributed by atoms with Crippen molar-refractivity contribution in [2.75, 3.05) is 0 Å². The lowest BCUT2D eigenvalue weighted by atomic mass is 10.1. The van der Waals surface area contributed by atoms with E-state index < -0.39 is 0 Å². The number of aryl methyl sites for hydroxylation is 2. The number of nitrogens with zero attached hydrogens (tertiary/aromatic N) is 4. The Kier molecular flexibility index (Phi) is 2.89. The number of hydrogen-bond acceptors (Lipinski definition) is 3. The van der Waals surface area contributed by atoms with Crippen molar-refractivity contribution >= 4 is 11.0 Å². The summed E-state index contributed by atoms with van der Waals surface area (Å²) in [5.41, 5.74) is 3.91. The molecule has 1 fully saturated rings. The van der Waals surface area contributed by atoms with Crippen molar-refractivity contribution in [3.63, 3.8) is 0 Å². The lowest BCUT2D eigenvalue weighted by Gasteiger charge is -2.07. The molecule has 1 aliphatic carbocycles. The van der Waals surface area contributed by atoms with Crippen molar-refractivity contribution in [2.24, 2.45) is 5.92 Å². The predicted octanol–water partition coefficient (Wildman–Crippen LogP) is 2.61. The zero-order valence-electron chi connectivity index (χ0n) is 12.8. The summed E-state index contributed by atoms with van der Waals surface area (Å²) in [5.74, 6) is 0.645. The fourth-order valence-electron chi connectivity index (χ4n) is 2.92. The Morgan fingerprint density at radius 3 is 2.59 bits per heavy atom. The highest BCUT2D eigenvalue weighted by atomic mass is 16.1. The smallest absolute Gasteiger partial charge is 0.264 e. The normalized spacial score (nSPS) is 14.6. The molecule has 1 aromatic carbocycles. The molecule has 3 aromatic rings. The standard InChI is InChI=1S/C17H18N4O/c1-11-5-12(2)7-14(6-11)21-16-15(8-19-21)17(22)20(10-18-16)9-13-3-4-13/h5-8,10,13H,3-4,9H2,1-2H3. The summed E-state index contributed by atoms with van der Waals surface area (Å²) in [7, 11) is 0. The van der Waals surface area contributed by atoms with E-state index in [2.05, 4.69) is 42.1 Å². The van der Waals surface area contributed by atoms with Gasteiger partial charge >= 0.3 is 0 Å². The molecule has 2 aromatic heterocycles. The van der Waals surface area contributed by atoms with E-state index in [-0.39, 0.29) is 5.56 Å². The van der Waals surface area contributed by atoms with Crippen LogP contribution in [0.1, 0.15) is 24.0 Å². The first-order valence-electron chi connectivity index (χ1n) is 7.63. The van der Waals surface area contributed by atoms with Crippen molar-refractivity contribution in [1.29, 1.82) is 0 Å². The van der Waals surface area contributed by atoms with Crippen LogP contribution in [0.15, 0.2) is 35.5 Å². The van der Waals surface area contributed by atoms with Gasteiger partial charge in [0, 0.05) is 6.54 Å². The Balaban J connectivity index is 1.85. The second-order valence-electron chi connectivity index (χ2n) is 6.29. The van der Waals surface area contributed by atoms with Crippen molar-refractivity contribution in [3.05, 3.63) is 52.2 Å². The van der Waals surface area contributed by atoms with E-state index in [1.165, 1.54) is 24.0 Å². The minimum Gasteiger partial charge on any atom is -0.298 e. The molecule has 0 N–H and O–H groups in total. The van der Waals surface area contributed by atoms with Crippen molar-refractivity contribution < 1.29 is 0 Å². The number of hydrogen-bond donors (Lipinski definition) is 0. The Hall–Kier alpha value is -2.43. The molecule has 112 valence electrons. The van der Waals surface area contributed by atoms with E-state index in [9.17, 15) is 4.79 Å². The summed E-state index contributed by atoms with van der Waals surface area (Å²) in [4.78, 5) is 17.0.